The molecule has 1 aliphatic heterocycles. The van der Waals surface area contributed by atoms with Crippen LogP contribution in [0.2, 0.25) is 0 Å². The lowest BCUT2D eigenvalue weighted by Gasteiger charge is -2.26. The molecule has 0 unspecified atom stereocenters. The lowest BCUT2D eigenvalue weighted by molar-refractivity contribution is 0.0383. The van der Waals surface area contributed by atoms with Gasteiger partial charge in [-0.25, -0.2) is 4.98 Å². The van der Waals surface area contributed by atoms with Crippen molar-refractivity contribution in [1.82, 2.24) is 20.2 Å². The molecule has 0 bridgehead atoms. The molecule has 1 saturated heterocycles. The Morgan fingerprint density at radius 3 is 3.04 bits per heavy atom. The summed E-state index contributed by atoms with van der Waals surface area (Å²) in [6, 6.07) is 9.87. The van der Waals surface area contributed by atoms with Crippen molar-refractivity contribution in [2.24, 2.45) is 0 Å². The van der Waals surface area contributed by atoms with Crippen LogP contribution in [0.25, 0.3) is 10.9 Å². The number of nitrogens with zero attached hydrogens (tertiary/aromatic N) is 3. The van der Waals surface area contributed by atoms with Crippen molar-refractivity contribution < 1.29 is 9.53 Å². The molecule has 140 valence electrons. The highest BCUT2D eigenvalue weighted by Crippen LogP contribution is 2.23. The highest BCUT2D eigenvalue weighted by molar-refractivity contribution is 7.14. The van der Waals surface area contributed by atoms with Crippen molar-refractivity contribution in [3.05, 3.63) is 47.6 Å². The molecular formula is C19H21N5O2S. The Morgan fingerprint density at radius 1 is 1.26 bits per heavy atom. The Hall–Kier alpha value is -2.55. The molecule has 2 N–H and O–H groups in total. The molecule has 0 radical (unpaired) electrons. The number of morpholine rings is 1. The van der Waals surface area contributed by atoms with Gasteiger partial charge in [-0.05, 0) is 24.3 Å². The van der Waals surface area contributed by atoms with Crippen molar-refractivity contribution in [3.63, 3.8) is 0 Å². The van der Waals surface area contributed by atoms with E-state index in [1.54, 1.807) is 11.6 Å². The minimum absolute atomic E-state index is 0.143. The summed E-state index contributed by atoms with van der Waals surface area (Å²) in [5, 5.41) is 9.71. The molecule has 1 amide bonds. The van der Waals surface area contributed by atoms with E-state index in [2.05, 4.69) is 25.5 Å². The predicted octanol–water partition coefficient (Wildman–Crippen LogP) is 2.50. The van der Waals surface area contributed by atoms with Crippen LogP contribution in [0.5, 0.6) is 0 Å². The van der Waals surface area contributed by atoms with Crippen LogP contribution in [-0.4, -0.2) is 60.2 Å². The predicted molar refractivity (Wildman–Crippen MR) is 107 cm³/mol. The highest BCUT2D eigenvalue weighted by Gasteiger charge is 2.13. The average Bonchev–Trinajstić information content (AvgIpc) is 3.17. The number of hydrogen-bond donors (Lipinski definition) is 2. The van der Waals surface area contributed by atoms with Crippen LogP contribution in [-0.2, 0) is 4.74 Å². The first-order valence-corrected chi connectivity index (χ1v) is 9.81. The van der Waals surface area contributed by atoms with Gasteiger partial charge in [-0.3, -0.25) is 14.7 Å². The zero-order chi connectivity index (χ0) is 18.5. The molecule has 1 fully saturated rings. The first-order chi connectivity index (χ1) is 13.3. The summed E-state index contributed by atoms with van der Waals surface area (Å²) in [6.45, 7) is 4.80. The largest absolute Gasteiger partial charge is 0.379 e. The van der Waals surface area contributed by atoms with Gasteiger partial charge in [0, 0.05) is 48.8 Å². The van der Waals surface area contributed by atoms with Gasteiger partial charge in [0.05, 0.1) is 18.7 Å². The maximum absolute atomic E-state index is 12.3. The number of hydrogen-bond acceptors (Lipinski definition) is 7. The quantitative estimate of drug-likeness (QED) is 0.681. The van der Waals surface area contributed by atoms with E-state index in [0.29, 0.717) is 17.4 Å². The van der Waals surface area contributed by atoms with Crippen LogP contribution in [0.15, 0.2) is 41.9 Å². The van der Waals surface area contributed by atoms with E-state index in [1.807, 2.05) is 30.3 Å². The molecule has 27 heavy (non-hydrogen) atoms. The number of aromatic nitrogens is 2. The van der Waals surface area contributed by atoms with Crippen molar-refractivity contribution in [3.8, 4) is 0 Å². The highest BCUT2D eigenvalue weighted by atomic mass is 32.1. The third kappa shape index (κ3) is 4.60. The Morgan fingerprint density at radius 2 is 2.15 bits per heavy atom. The fraction of sp³-hybridized carbons (Fsp3) is 0.316. The summed E-state index contributed by atoms with van der Waals surface area (Å²) < 4.78 is 5.32. The molecule has 1 aromatic carbocycles. The number of rotatable bonds is 6. The van der Waals surface area contributed by atoms with E-state index in [0.717, 1.165) is 49.4 Å². The normalized spacial score (nSPS) is 15.0. The molecule has 0 atom stereocenters. The summed E-state index contributed by atoms with van der Waals surface area (Å²) in [5.74, 6) is -0.143. The van der Waals surface area contributed by atoms with Crippen molar-refractivity contribution in [2.45, 2.75) is 0 Å². The third-order valence-electron chi connectivity index (χ3n) is 4.41. The van der Waals surface area contributed by atoms with Crippen LogP contribution < -0.4 is 10.6 Å². The molecule has 1 aliphatic rings. The summed E-state index contributed by atoms with van der Waals surface area (Å²) in [6.07, 6.45) is 1.78. The molecule has 0 saturated carbocycles. The number of benzene rings is 1. The van der Waals surface area contributed by atoms with E-state index < -0.39 is 0 Å². The van der Waals surface area contributed by atoms with E-state index >= 15 is 0 Å². The van der Waals surface area contributed by atoms with Crippen molar-refractivity contribution >= 4 is 39.0 Å². The number of carbonyl (C=O) groups excluding carboxylic acids is 1. The van der Waals surface area contributed by atoms with Crippen LogP contribution in [0.4, 0.5) is 10.8 Å². The zero-order valence-electron chi connectivity index (χ0n) is 14.9. The van der Waals surface area contributed by atoms with Crippen LogP contribution >= 0.6 is 11.3 Å². The second-order valence-electron chi connectivity index (χ2n) is 6.28. The van der Waals surface area contributed by atoms with E-state index in [1.165, 1.54) is 11.3 Å². The van der Waals surface area contributed by atoms with E-state index in [9.17, 15) is 4.79 Å². The minimum atomic E-state index is -0.143. The van der Waals surface area contributed by atoms with Gasteiger partial charge >= 0.3 is 0 Å². The van der Waals surface area contributed by atoms with E-state index in [4.69, 9.17) is 4.74 Å². The van der Waals surface area contributed by atoms with Gasteiger partial charge in [-0.1, -0.05) is 6.07 Å². The van der Waals surface area contributed by atoms with Gasteiger partial charge in [0.15, 0.2) is 5.13 Å². The Balaban J connectivity index is 1.32. The average molecular weight is 383 g/mol. The first kappa shape index (κ1) is 17.8. The second-order valence-corrected chi connectivity index (χ2v) is 7.14. The van der Waals surface area contributed by atoms with Gasteiger partial charge in [0.2, 0.25) is 0 Å². The molecule has 8 heteroatoms. The SMILES string of the molecule is O=C(NCCN1CCOCC1)c1csc(Nc2ccc3ncccc3c2)n1. The van der Waals surface area contributed by atoms with Crippen molar-refractivity contribution in [2.75, 3.05) is 44.7 Å². The number of amides is 1. The molecule has 7 nitrogen and oxygen atoms in total. The summed E-state index contributed by atoms with van der Waals surface area (Å²) in [4.78, 5) is 23.3. The Kier molecular flexibility index (Phi) is 5.57. The standard InChI is InChI=1S/C19H21N5O2S/c25-18(21-6-7-24-8-10-26-11-9-24)17-13-27-19(23-17)22-15-3-4-16-14(12-15)2-1-5-20-16/h1-5,12-13H,6-11H2,(H,21,25)(H,22,23). The molecular weight excluding hydrogens is 362 g/mol. The Labute approximate surface area is 161 Å². The number of anilines is 2. The number of pyridine rings is 1. The number of nitrogens with one attached hydrogen (secondary N) is 2. The van der Waals surface area contributed by atoms with E-state index in [-0.39, 0.29) is 5.91 Å². The fourth-order valence-electron chi connectivity index (χ4n) is 2.96. The summed E-state index contributed by atoms with van der Waals surface area (Å²) in [7, 11) is 0. The molecule has 0 spiro atoms. The molecule has 4 rings (SSSR count). The van der Waals surface area contributed by atoms with Crippen LogP contribution in [0, 0.1) is 0 Å². The van der Waals surface area contributed by atoms with Gasteiger partial charge in [-0.15, -0.1) is 11.3 Å². The minimum Gasteiger partial charge on any atom is -0.379 e. The summed E-state index contributed by atoms with van der Waals surface area (Å²) >= 11 is 1.41. The smallest absolute Gasteiger partial charge is 0.270 e. The fourth-order valence-corrected chi connectivity index (χ4v) is 3.67. The van der Waals surface area contributed by atoms with Crippen molar-refractivity contribution in [1.29, 1.82) is 0 Å². The lowest BCUT2D eigenvalue weighted by atomic mass is 10.2. The van der Waals surface area contributed by atoms with Crippen LogP contribution in [0.1, 0.15) is 10.5 Å². The monoisotopic (exact) mass is 383 g/mol. The van der Waals surface area contributed by atoms with Gasteiger partial charge in [0.1, 0.15) is 5.69 Å². The summed E-state index contributed by atoms with van der Waals surface area (Å²) in [5.41, 5.74) is 2.30. The molecule has 3 aromatic rings. The number of ether oxygens (including phenoxy) is 1. The Bertz CT molecular complexity index is 923. The molecule has 3 heterocycles. The second kappa shape index (κ2) is 8.43. The zero-order valence-corrected chi connectivity index (χ0v) is 15.7. The number of fused-ring (bicyclic) bond motifs is 1. The maximum Gasteiger partial charge on any atom is 0.270 e. The third-order valence-corrected chi connectivity index (χ3v) is 5.17. The molecule has 0 aliphatic carbocycles. The van der Waals surface area contributed by atoms with Gasteiger partial charge in [-0.2, -0.15) is 0 Å². The maximum atomic E-state index is 12.3. The topological polar surface area (TPSA) is 79.4 Å². The van der Waals surface area contributed by atoms with Crippen LogP contribution in [0.3, 0.4) is 0 Å². The lowest BCUT2D eigenvalue weighted by Crippen LogP contribution is -2.41. The van der Waals surface area contributed by atoms with Gasteiger partial charge < -0.3 is 15.4 Å². The number of carbonyl (C=O) groups is 1. The van der Waals surface area contributed by atoms with Gasteiger partial charge in [0.25, 0.3) is 5.91 Å². The number of thiazole rings is 1. The first-order valence-electron chi connectivity index (χ1n) is 8.93. The molecule has 2 aromatic heterocycles.